The van der Waals surface area contributed by atoms with Crippen LogP contribution in [0.3, 0.4) is 0 Å². The Kier molecular flexibility index (Phi) is 2.30. The van der Waals surface area contributed by atoms with Crippen molar-refractivity contribution in [2.24, 2.45) is 0 Å². The Morgan fingerprint density at radius 2 is 2.46 bits per heavy atom. The maximum atomic E-state index is 5.24. The normalized spacial score (nSPS) is 16.7. The van der Waals surface area contributed by atoms with E-state index < -0.39 is 0 Å². The van der Waals surface area contributed by atoms with Crippen LogP contribution in [0.15, 0.2) is 34.7 Å². The average Bonchev–Trinajstić information content (AvgIpc) is 2.71. The molecule has 0 aliphatic heterocycles. The fraction of sp³-hybridized carbons (Fsp3) is 0.364. The molecule has 68 valence electrons. The maximum absolute atomic E-state index is 5.24. The van der Waals surface area contributed by atoms with E-state index in [1.807, 2.05) is 0 Å². The quantitative estimate of drug-likeness (QED) is 0.689. The molecular weight excluding hydrogens is 162 g/mol. The molecule has 0 saturated heterocycles. The van der Waals surface area contributed by atoms with E-state index in [9.17, 15) is 0 Å². The van der Waals surface area contributed by atoms with Gasteiger partial charge >= 0.3 is 0 Å². The van der Waals surface area contributed by atoms with Gasteiger partial charge in [0.25, 0.3) is 0 Å². The highest BCUT2D eigenvalue weighted by Gasteiger charge is 2.07. The topological polar surface area (TPSA) is 26.0 Å². The van der Waals surface area contributed by atoms with Crippen LogP contribution in [0.5, 0.6) is 0 Å². The Balaban J connectivity index is 2.26. The van der Waals surface area contributed by atoms with Crippen molar-refractivity contribution < 1.29 is 4.42 Å². The molecule has 0 amide bonds. The predicted molar refractivity (Wildman–Crippen MR) is 52.1 cm³/mol. The van der Waals surface area contributed by atoms with Crippen molar-refractivity contribution in [1.82, 2.24) is 4.98 Å². The molecule has 0 fully saturated rings. The van der Waals surface area contributed by atoms with Crippen LogP contribution in [-0.4, -0.2) is 4.98 Å². The summed E-state index contributed by atoms with van der Waals surface area (Å²) in [5.41, 5.74) is 2.68. The molecule has 0 aromatic carbocycles. The fourth-order valence-electron chi connectivity index (χ4n) is 1.57. The van der Waals surface area contributed by atoms with E-state index in [-0.39, 0.29) is 0 Å². The van der Waals surface area contributed by atoms with E-state index >= 15 is 0 Å². The third kappa shape index (κ3) is 1.72. The van der Waals surface area contributed by atoms with Gasteiger partial charge in [0.1, 0.15) is 0 Å². The summed E-state index contributed by atoms with van der Waals surface area (Å²) in [4.78, 5) is 3.91. The second-order valence-electron chi connectivity index (χ2n) is 3.22. The lowest BCUT2D eigenvalue weighted by molar-refractivity contribution is 0.545. The van der Waals surface area contributed by atoms with Crippen LogP contribution < -0.4 is 0 Å². The lowest BCUT2D eigenvalue weighted by Gasteiger charge is -2.09. The van der Waals surface area contributed by atoms with Gasteiger partial charge in [0, 0.05) is 5.57 Å². The van der Waals surface area contributed by atoms with Crippen LogP contribution in [-0.2, 0) is 0 Å². The molecule has 1 aliphatic carbocycles. The molecule has 0 saturated carbocycles. The highest BCUT2D eigenvalue weighted by Crippen LogP contribution is 2.26. The fourth-order valence-corrected chi connectivity index (χ4v) is 1.57. The first-order chi connectivity index (χ1) is 6.40. The molecule has 0 radical (unpaired) electrons. The van der Waals surface area contributed by atoms with Gasteiger partial charge in [-0.05, 0) is 19.3 Å². The first kappa shape index (κ1) is 8.30. The molecule has 0 unspecified atom stereocenters. The number of aromatic nitrogens is 1. The Morgan fingerprint density at radius 3 is 3.15 bits per heavy atom. The molecular formula is C11H13NO. The van der Waals surface area contributed by atoms with Gasteiger partial charge < -0.3 is 4.42 Å². The summed E-state index contributed by atoms with van der Waals surface area (Å²) in [6, 6.07) is 0. The number of hydrogen-bond donors (Lipinski definition) is 0. The van der Waals surface area contributed by atoms with Gasteiger partial charge in [0.05, 0.1) is 6.20 Å². The monoisotopic (exact) mass is 175 g/mol. The van der Waals surface area contributed by atoms with E-state index in [1.165, 1.54) is 24.0 Å². The summed E-state index contributed by atoms with van der Waals surface area (Å²) < 4.78 is 5.24. The second-order valence-corrected chi connectivity index (χ2v) is 3.22. The predicted octanol–water partition coefficient (Wildman–Crippen LogP) is 3.19. The molecule has 0 atom stereocenters. The largest absolute Gasteiger partial charge is 0.444 e. The highest BCUT2D eigenvalue weighted by atomic mass is 16.3. The zero-order chi connectivity index (χ0) is 9.10. The van der Waals surface area contributed by atoms with Gasteiger partial charge in [-0.25, -0.2) is 4.98 Å². The molecule has 0 bridgehead atoms. The van der Waals surface area contributed by atoms with E-state index in [1.54, 1.807) is 6.20 Å². The van der Waals surface area contributed by atoms with Crippen molar-refractivity contribution in [2.75, 3.05) is 0 Å². The number of rotatable bonds is 2. The maximum Gasteiger partial charge on any atom is 0.181 e. The van der Waals surface area contributed by atoms with Gasteiger partial charge in [0.15, 0.2) is 12.2 Å². The van der Waals surface area contributed by atoms with Gasteiger partial charge in [-0.3, -0.25) is 0 Å². The van der Waals surface area contributed by atoms with Crippen molar-refractivity contribution >= 4 is 5.57 Å². The first-order valence-electron chi connectivity index (χ1n) is 4.68. The van der Waals surface area contributed by atoms with Crippen molar-refractivity contribution in [2.45, 2.75) is 26.2 Å². The van der Waals surface area contributed by atoms with E-state index in [4.69, 9.17) is 4.42 Å². The van der Waals surface area contributed by atoms with E-state index in [0.29, 0.717) is 0 Å². The number of oxazole rings is 1. The van der Waals surface area contributed by atoms with Crippen molar-refractivity contribution in [1.29, 1.82) is 0 Å². The SMILES string of the molecule is CCC1=CC(c2cnco2)=CCC1. The van der Waals surface area contributed by atoms with E-state index in [2.05, 4.69) is 24.1 Å². The summed E-state index contributed by atoms with van der Waals surface area (Å²) in [5.74, 6) is 0.880. The zero-order valence-electron chi connectivity index (χ0n) is 7.79. The zero-order valence-corrected chi connectivity index (χ0v) is 7.79. The Bertz CT molecular complexity index is 333. The van der Waals surface area contributed by atoms with Crippen LogP contribution in [0.1, 0.15) is 31.9 Å². The molecule has 1 aromatic rings. The molecule has 2 heteroatoms. The van der Waals surface area contributed by atoms with Crippen molar-refractivity contribution in [3.8, 4) is 0 Å². The van der Waals surface area contributed by atoms with Gasteiger partial charge in [-0.2, -0.15) is 0 Å². The molecule has 13 heavy (non-hydrogen) atoms. The van der Waals surface area contributed by atoms with Gasteiger partial charge in [0.2, 0.25) is 0 Å². The summed E-state index contributed by atoms with van der Waals surface area (Å²) in [6.45, 7) is 2.19. The Labute approximate surface area is 78.0 Å². The molecule has 1 aliphatic rings. The molecule has 0 spiro atoms. The molecule has 2 nitrogen and oxygen atoms in total. The molecule has 0 N–H and O–H groups in total. The standard InChI is InChI=1S/C11H13NO/c1-2-9-4-3-5-10(6-9)11-7-12-8-13-11/h5-8H,2-4H2,1H3. The van der Waals surface area contributed by atoms with Crippen LogP contribution >= 0.6 is 0 Å². The third-order valence-electron chi connectivity index (χ3n) is 2.36. The van der Waals surface area contributed by atoms with Crippen molar-refractivity contribution in [3.05, 3.63) is 36.1 Å². The van der Waals surface area contributed by atoms with Crippen LogP contribution in [0, 0.1) is 0 Å². The Morgan fingerprint density at radius 1 is 1.54 bits per heavy atom. The van der Waals surface area contributed by atoms with Crippen molar-refractivity contribution in [3.63, 3.8) is 0 Å². The minimum Gasteiger partial charge on any atom is -0.444 e. The minimum absolute atomic E-state index is 0.880. The van der Waals surface area contributed by atoms with Crippen LogP contribution in [0.4, 0.5) is 0 Å². The summed E-state index contributed by atoms with van der Waals surface area (Å²) in [7, 11) is 0. The van der Waals surface area contributed by atoms with Gasteiger partial charge in [-0.1, -0.05) is 24.6 Å². The first-order valence-corrected chi connectivity index (χ1v) is 4.68. The minimum atomic E-state index is 0.880. The second kappa shape index (κ2) is 3.60. The molecule has 2 rings (SSSR count). The Hall–Kier alpha value is -1.31. The number of allylic oxidation sites excluding steroid dienone is 4. The summed E-state index contributed by atoms with van der Waals surface area (Å²) in [6.07, 6.45) is 11.1. The smallest absolute Gasteiger partial charge is 0.181 e. The number of nitrogens with zero attached hydrogens (tertiary/aromatic N) is 1. The average molecular weight is 175 g/mol. The lowest BCUT2D eigenvalue weighted by Crippen LogP contribution is -1.90. The third-order valence-corrected chi connectivity index (χ3v) is 2.36. The van der Waals surface area contributed by atoms with E-state index in [0.717, 1.165) is 18.6 Å². The molecule has 1 heterocycles. The summed E-state index contributed by atoms with van der Waals surface area (Å²) in [5, 5.41) is 0. The lowest BCUT2D eigenvalue weighted by atomic mass is 9.97. The highest BCUT2D eigenvalue weighted by molar-refractivity contribution is 5.72. The molecule has 1 aromatic heterocycles. The van der Waals surface area contributed by atoms with Crippen LogP contribution in [0.25, 0.3) is 5.57 Å². The van der Waals surface area contributed by atoms with Gasteiger partial charge in [-0.15, -0.1) is 0 Å². The summed E-state index contributed by atoms with van der Waals surface area (Å²) >= 11 is 0. The number of hydrogen-bond acceptors (Lipinski definition) is 2. The van der Waals surface area contributed by atoms with Crippen LogP contribution in [0.2, 0.25) is 0 Å².